The van der Waals surface area contributed by atoms with Gasteiger partial charge < -0.3 is 15.7 Å². The van der Waals surface area contributed by atoms with Gasteiger partial charge >= 0.3 is 12.0 Å². The minimum atomic E-state index is -1.03. The predicted molar refractivity (Wildman–Crippen MR) is 77.9 cm³/mol. The molecule has 0 aliphatic heterocycles. The van der Waals surface area contributed by atoms with Gasteiger partial charge in [0, 0.05) is 5.02 Å². The Labute approximate surface area is 123 Å². The van der Waals surface area contributed by atoms with Gasteiger partial charge in [-0.05, 0) is 25.0 Å². The molecule has 3 N–H and O–H groups in total. The van der Waals surface area contributed by atoms with Crippen LogP contribution >= 0.6 is 11.6 Å². The number of urea groups is 1. The summed E-state index contributed by atoms with van der Waals surface area (Å²) in [6.07, 6.45) is 1.07. The second-order valence-electron chi connectivity index (χ2n) is 4.54. The van der Waals surface area contributed by atoms with Crippen molar-refractivity contribution < 1.29 is 14.7 Å². The van der Waals surface area contributed by atoms with Crippen molar-refractivity contribution in [2.75, 3.05) is 0 Å². The first-order valence-corrected chi connectivity index (χ1v) is 6.87. The van der Waals surface area contributed by atoms with Crippen LogP contribution in [0.5, 0.6) is 0 Å². The molecular weight excluding hydrogens is 280 g/mol. The molecule has 0 aliphatic rings. The normalized spacial score (nSPS) is 13.3. The zero-order valence-electron chi connectivity index (χ0n) is 11.5. The summed E-state index contributed by atoms with van der Waals surface area (Å²) in [6, 6.07) is 5.49. The molecule has 0 heterocycles. The minimum absolute atomic E-state index is 0.306. The minimum Gasteiger partial charge on any atom is -0.480 e. The van der Waals surface area contributed by atoms with E-state index in [9.17, 15) is 9.59 Å². The summed E-state index contributed by atoms with van der Waals surface area (Å²) in [5, 5.41) is 14.7. The summed E-state index contributed by atoms with van der Waals surface area (Å²) < 4.78 is 0. The average molecular weight is 299 g/mol. The van der Waals surface area contributed by atoms with Crippen molar-refractivity contribution in [1.82, 2.24) is 10.6 Å². The number of nitrogens with one attached hydrogen (secondary N) is 2. The maximum atomic E-state index is 11.8. The third-order valence-corrected chi connectivity index (χ3v) is 3.24. The highest BCUT2D eigenvalue weighted by Crippen LogP contribution is 2.21. The molecule has 2 amide bonds. The highest BCUT2D eigenvalue weighted by Gasteiger charge is 2.20. The number of hydrogen-bond donors (Lipinski definition) is 3. The SMILES string of the molecule is CCC[C@H](NC(=O)NC(C)c1ccccc1Cl)C(=O)O. The Kier molecular flexibility index (Phi) is 6.31. The summed E-state index contributed by atoms with van der Waals surface area (Å²) in [4.78, 5) is 22.8. The smallest absolute Gasteiger partial charge is 0.326 e. The van der Waals surface area contributed by atoms with Gasteiger partial charge in [0.2, 0.25) is 0 Å². The lowest BCUT2D eigenvalue weighted by molar-refractivity contribution is -0.139. The number of carbonyl (C=O) groups is 2. The Balaban J connectivity index is 2.62. The molecule has 1 unspecified atom stereocenters. The quantitative estimate of drug-likeness (QED) is 0.755. The number of carbonyl (C=O) groups excluding carboxylic acids is 1. The first kappa shape index (κ1) is 16.3. The molecule has 0 aromatic heterocycles. The Bertz CT molecular complexity index is 479. The molecule has 0 saturated carbocycles. The fraction of sp³-hybridized carbons (Fsp3) is 0.429. The van der Waals surface area contributed by atoms with E-state index in [0.29, 0.717) is 17.9 Å². The topological polar surface area (TPSA) is 78.4 Å². The lowest BCUT2D eigenvalue weighted by atomic mass is 10.1. The molecule has 0 bridgehead atoms. The van der Waals surface area contributed by atoms with Crippen LogP contribution in [-0.4, -0.2) is 23.1 Å². The van der Waals surface area contributed by atoms with E-state index in [-0.39, 0.29) is 6.04 Å². The van der Waals surface area contributed by atoms with Gasteiger partial charge in [-0.2, -0.15) is 0 Å². The molecule has 20 heavy (non-hydrogen) atoms. The number of rotatable bonds is 6. The van der Waals surface area contributed by atoms with Crippen molar-refractivity contribution in [3.63, 3.8) is 0 Å². The van der Waals surface area contributed by atoms with Gasteiger partial charge in [-0.15, -0.1) is 0 Å². The maximum absolute atomic E-state index is 11.8. The van der Waals surface area contributed by atoms with E-state index < -0.39 is 18.0 Å². The van der Waals surface area contributed by atoms with E-state index in [1.807, 2.05) is 19.1 Å². The van der Waals surface area contributed by atoms with Gasteiger partial charge in [-0.25, -0.2) is 9.59 Å². The van der Waals surface area contributed by atoms with Crippen LogP contribution in [0, 0.1) is 0 Å². The van der Waals surface area contributed by atoms with E-state index >= 15 is 0 Å². The Morgan fingerprint density at radius 2 is 1.95 bits per heavy atom. The van der Waals surface area contributed by atoms with Crippen LogP contribution in [0.2, 0.25) is 5.02 Å². The zero-order valence-corrected chi connectivity index (χ0v) is 12.3. The van der Waals surface area contributed by atoms with Crippen molar-refractivity contribution in [2.45, 2.75) is 38.8 Å². The second-order valence-corrected chi connectivity index (χ2v) is 4.95. The Hall–Kier alpha value is -1.75. The number of aliphatic carboxylic acids is 1. The van der Waals surface area contributed by atoms with E-state index in [1.165, 1.54) is 0 Å². The predicted octanol–water partition coefficient (Wildman–Crippen LogP) is 2.95. The average Bonchev–Trinajstić information content (AvgIpc) is 2.38. The number of halogens is 1. The lowest BCUT2D eigenvalue weighted by Gasteiger charge is -2.19. The lowest BCUT2D eigenvalue weighted by Crippen LogP contribution is -2.46. The molecule has 1 rings (SSSR count). The van der Waals surface area contributed by atoms with E-state index in [0.717, 1.165) is 5.56 Å². The van der Waals surface area contributed by atoms with Crippen LogP contribution in [0.4, 0.5) is 4.79 Å². The van der Waals surface area contributed by atoms with Crippen LogP contribution < -0.4 is 10.6 Å². The summed E-state index contributed by atoms with van der Waals surface area (Å²) in [5.74, 6) is -1.03. The number of amides is 2. The van der Waals surface area contributed by atoms with Crippen molar-refractivity contribution in [2.24, 2.45) is 0 Å². The molecule has 0 saturated heterocycles. The summed E-state index contributed by atoms with van der Waals surface area (Å²) in [6.45, 7) is 3.65. The van der Waals surface area contributed by atoms with Crippen LogP contribution in [0.15, 0.2) is 24.3 Å². The van der Waals surface area contributed by atoms with Gasteiger partial charge in [0.1, 0.15) is 6.04 Å². The van der Waals surface area contributed by atoms with Gasteiger partial charge in [0.05, 0.1) is 6.04 Å². The maximum Gasteiger partial charge on any atom is 0.326 e. The van der Waals surface area contributed by atoms with Crippen molar-refractivity contribution in [3.8, 4) is 0 Å². The molecule has 110 valence electrons. The Morgan fingerprint density at radius 3 is 2.50 bits per heavy atom. The molecule has 0 radical (unpaired) electrons. The molecule has 0 aliphatic carbocycles. The second kappa shape index (κ2) is 7.75. The van der Waals surface area contributed by atoms with E-state index in [4.69, 9.17) is 16.7 Å². The van der Waals surface area contributed by atoms with Gasteiger partial charge in [0.25, 0.3) is 0 Å². The van der Waals surface area contributed by atoms with Crippen molar-refractivity contribution >= 4 is 23.6 Å². The van der Waals surface area contributed by atoms with Gasteiger partial charge in [0.15, 0.2) is 0 Å². The first-order valence-electron chi connectivity index (χ1n) is 6.50. The molecule has 6 heteroatoms. The molecule has 0 fully saturated rings. The molecule has 0 spiro atoms. The monoisotopic (exact) mass is 298 g/mol. The number of benzene rings is 1. The van der Waals surface area contributed by atoms with Crippen LogP contribution in [0.3, 0.4) is 0 Å². The number of carboxylic acid groups (broad SMARTS) is 1. The van der Waals surface area contributed by atoms with Gasteiger partial charge in [-0.3, -0.25) is 0 Å². The zero-order chi connectivity index (χ0) is 15.1. The van der Waals surface area contributed by atoms with Crippen LogP contribution in [0.1, 0.15) is 38.3 Å². The summed E-state index contributed by atoms with van der Waals surface area (Å²) in [5.41, 5.74) is 0.784. The molecule has 5 nitrogen and oxygen atoms in total. The molecule has 1 aromatic carbocycles. The largest absolute Gasteiger partial charge is 0.480 e. The molecule has 2 atom stereocenters. The Morgan fingerprint density at radius 1 is 1.30 bits per heavy atom. The van der Waals surface area contributed by atoms with E-state index in [2.05, 4.69) is 10.6 Å². The fourth-order valence-corrected chi connectivity index (χ4v) is 2.15. The number of hydrogen-bond acceptors (Lipinski definition) is 2. The standard InChI is InChI=1S/C14H19ClN2O3/c1-3-6-12(13(18)19)17-14(20)16-9(2)10-7-4-5-8-11(10)15/h4-5,7-9,12H,3,6H2,1-2H3,(H,18,19)(H2,16,17,20)/t9?,12-/m0/s1. The fourth-order valence-electron chi connectivity index (χ4n) is 1.85. The van der Waals surface area contributed by atoms with Crippen molar-refractivity contribution in [3.05, 3.63) is 34.9 Å². The summed E-state index contributed by atoms with van der Waals surface area (Å²) >= 11 is 6.04. The van der Waals surface area contributed by atoms with Crippen LogP contribution in [0.25, 0.3) is 0 Å². The third-order valence-electron chi connectivity index (χ3n) is 2.90. The third kappa shape index (κ3) is 4.74. The molecule has 1 aromatic rings. The molecular formula is C14H19ClN2O3. The van der Waals surface area contributed by atoms with Gasteiger partial charge in [-0.1, -0.05) is 43.1 Å². The summed E-state index contributed by atoms with van der Waals surface area (Å²) in [7, 11) is 0. The van der Waals surface area contributed by atoms with Crippen LogP contribution in [-0.2, 0) is 4.79 Å². The highest BCUT2D eigenvalue weighted by atomic mass is 35.5. The van der Waals surface area contributed by atoms with Crippen molar-refractivity contribution in [1.29, 1.82) is 0 Å². The number of carboxylic acids is 1. The van der Waals surface area contributed by atoms with E-state index in [1.54, 1.807) is 19.1 Å². The highest BCUT2D eigenvalue weighted by molar-refractivity contribution is 6.31. The first-order chi connectivity index (χ1) is 9.45.